The van der Waals surface area contributed by atoms with Gasteiger partial charge in [0.05, 0.1) is 18.3 Å². The normalized spacial score (nSPS) is 60.9. The summed E-state index contributed by atoms with van der Waals surface area (Å²) in [4.78, 5) is 0. The maximum Gasteiger partial charge on any atom is 0.156 e. The lowest BCUT2D eigenvalue weighted by Gasteiger charge is -2.62. The van der Waals surface area contributed by atoms with Crippen molar-refractivity contribution in [2.45, 2.75) is 82.7 Å². The fraction of sp³-hybridized carbons (Fsp3) is 0.905. The van der Waals surface area contributed by atoms with Crippen molar-refractivity contribution >= 4 is 0 Å². The maximum absolute atomic E-state index is 11.0. The first-order chi connectivity index (χ1) is 11.7. The molecule has 0 aromatic rings. The topological polar surface area (TPSA) is 80.9 Å². The Bertz CT molecular complexity index is 599. The Morgan fingerprint density at radius 2 is 1.68 bits per heavy atom. The predicted molar refractivity (Wildman–Crippen MR) is 94.3 cm³/mol. The predicted octanol–water partition coefficient (Wildman–Crippen LogP) is 1.70. The van der Waals surface area contributed by atoms with E-state index >= 15 is 0 Å². The molecule has 10 atom stereocenters. The molecule has 4 nitrogen and oxygen atoms in total. The van der Waals surface area contributed by atoms with Crippen LogP contribution in [0.15, 0.2) is 0 Å². The summed E-state index contributed by atoms with van der Waals surface area (Å²) in [6, 6.07) is 0. The first-order valence-corrected chi connectivity index (χ1v) is 9.91. The molecule has 4 heteroatoms. The summed E-state index contributed by atoms with van der Waals surface area (Å²) in [5, 5.41) is 42.7. The van der Waals surface area contributed by atoms with Gasteiger partial charge in [0.2, 0.25) is 0 Å². The van der Waals surface area contributed by atoms with E-state index in [1.54, 1.807) is 0 Å². The van der Waals surface area contributed by atoms with Crippen LogP contribution in [0.4, 0.5) is 0 Å². The van der Waals surface area contributed by atoms with Gasteiger partial charge in [-0.2, -0.15) is 0 Å². The summed E-state index contributed by atoms with van der Waals surface area (Å²) in [6.07, 6.45) is 9.57. The number of hydrogen-bond donors (Lipinski definition) is 4. The van der Waals surface area contributed by atoms with Crippen LogP contribution in [0.25, 0.3) is 0 Å². The molecule has 25 heavy (non-hydrogen) atoms. The first kappa shape index (κ1) is 17.8. The summed E-state index contributed by atoms with van der Waals surface area (Å²) in [6.45, 7) is 4.35. The van der Waals surface area contributed by atoms with Crippen molar-refractivity contribution in [1.29, 1.82) is 0 Å². The molecule has 4 saturated carbocycles. The van der Waals surface area contributed by atoms with Gasteiger partial charge in [-0.25, -0.2) is 0 Å². The molecule has 140 valence electrons. The van der Waals surface area contributed by atoms with Crippen LogP contribution in [0.1, 0.15) is 58.8 Å². The van der Waals surface area contributed by atoms with E-state index in [0.717, 1.165) is 32.1 Å². The molecule has 0 amide bonds. The van der Waals surface area contributed by atoms with Crippen LogP contribution in [0, 0.1) is 46.8 Å². The molecule has 4 fully saturated rings. The number of aliphatic hydroxyl groups excluding tert-OH is 3. The lowest BCUT2D eigenvalue weighted by molar-refractivity contribution is -0.186. The smallest absolute Gasteiger partial charge is 0.156 e. The summed E-state index contributed by atoms with van der Waals surface area (Å²) >= 11 is 0. The third kappa shape index (κ3) is 2.10. The van der Waals surface area contributed by atoms with Crippen molar-refractivity contribution in [2.75, 3.05) is 0 Å². The lowest BCUT2D eigenvalue weighted by Crippen LogP contribution is -2.60. The minimum absolute atomic E-state index is 0.0434. The van der Waals surface area contributed by atoms with Crippen molar-refractivity contribution in [2.24, 2.45) is 34.5 Å². The Morgan fingerprint density at radius 3 is 2.36 bits per heavy atom. The van der Waals surface area contributed by atoms with Gasteiger partial charge in [0.1, 0.15) is 0 Å². The number of terminal acetylenes is 1. The summed E-state index contributed by atoms with van der Waals surface area (Å²) in [7, 11) is 0. The zero-order valence-electron chi connectivity index (χ0n) is 15.4. The van der Waals surface area contributed by atoms with Gasteiger partial charge in [0.25, 0.3) is 0 Å². The number of rotatable bonds is 0. The van der Waals surface area contributed by atoms with Gasteiger partial charge in [0, 0.05) is 5.41 Å². The number of fused-ring (bicyclic) bond motifs is 5. The van der Waals surface area contributed by atoms with E-state index in [-0.39, 0.29) is 23.4 Å². The second kappa shape index (κ2) is 5.45. The van der Waals surface area contributed by atoms with Crippen LogP contribution in [-0.2, 0) is 0 Å². The quantitative estimate of drug-likeness (QED) is 0.502. The minimum Gasteiger partial charge on any atom is -0.393 e. The Balaban J connectivity index is 1.72. The second-order valence-electron chi connectivity index (χ2n) is 9.84. The van der Waals surface area contributed by atoms with Gasteiger partial charge in [-0.05, 0) is 74.0 Å². The van der Waals surface area contributed by atoms with E-state index < -0.39 is 23.2 Å². The fourth-order valence-electron chi connectivity index (χ4n) is 7.49. The molecule has 0 aliphatic heterocycles. The van der Waals surface area contributed by atoms with E-state index in [9.17, 15) is 20.4 Å². The largest absolute Gasteiger partial charge is 0.393 e. The third-order valence-electron chi connectivity index (χ3n) is 9.10. The molecule has 4 aliphatic rings. The van der Waals surface area contributed by atoms with Gasteiger partial charge < -0.3 is 20.4 Å². The zero-order valence-corrected chi connectivity index (χ0v) is 15.4. The summed E-state index contributed by atoms with van der Waals surface area (Å²) in [5.41, 5.74) is -1.91. The maximum atomic E-state index is 11.0. The molecule has 0 aromatic heterocycles. The highest BCUT2D eigenvalue weighted by Gasteiger charge is 2.68. The highest BCUT2D eigenvalue weighted by atomic mass is 16.3. The molecular weight excluding hydrogens is 316 g/mol. The van der Waals surface area contributed by atoms with Crippen LogP contribution in [0.3, 0.4) is 0 Å². The number of hydrogen-bond acceptors (Lipinski definition) is 4. The SMILES string of the molecule is C#C[C@]1(O)[C@H](O)CC2C3C(O)C[C@@H]4C[C@@H](O)CC[C@]4(C)C3CC[C@@]21C. The zero-order chi connectivity index (χ0) is 18.2. The molecule has 4 aliphatic carbocycles. The molecule has 4 N–H and O–H groups in total. The van der Waals surface area contributed by atoms with Crippen LogP contribution in [0.2, 0.25) is 0 Å². The van der Waals surface area contributed by atoms with Crippen LogP contribution >= 0.6 is 0 Å². The van der Waals surface area contributed by atoms with Crippen molar-refractivity contribution < 1.29 is 20.4 Å². The Hall–Kier alpha value is -0.600. The second-order valence-corrected chi connectivity index (χ2v) is 9.84. The van der Waals surface area contributed by atoms with E-state index in [2.05, 4.69) is 12.8 Å². The Labute approximate surface area is 150 Å². The highest BCUT2D eigenvalue weighted by Crippen LogP contribution is 2.68. The van der Waals surface area contributed by atoms with E-state index in [0.29, 0.717) is 24.7 Å². The molecule has 0 radical (unpaired) electrons. The van der Waals surface area contributed by atoms with Gasteiger partial charge in [-0.3, -0.25) is 0 Å². The van der Waals surface area contributed by atoms with Gasteiger partial charge in [-0.1, -0.05) is 19.8 Å². The van der Waals surface area contributed by atoms with Crippen molar-refractivity contribution in [3.05, 3.63) is 0 Å². The van der Waals surface area contributed by atoms with E-state index in [1.807, 2.05) is 6.92 Å². The van der Waals surface area contributed by atoms with Crippen molar-refractivity contribution in [1.82, 2.24) is 0 Å². The minimum atomic E-state index is -1.50. The molecule has 4 unspecified atom stereocenters. The van der Waals surface area contributed by atoms with E-state index in [1.165, 1.54) is 0 Å². The molecule has 0 heterocycles. The molecule has 0 bridgehead atoms. The highest BCUT2D eigenvalue weighted by molar-refractivity contribution is 5.27. The van der Waals surface area contributed by atoms with Crippen LogP contribution in [-0.4, -0.2) is 44.3 Å². The average Bonchev–Trinajstić information content (AvgIpc) is 2.77. The molecule has 0 spiro atoms. The summed E-state index contributed by atoms with van der Waals surface area (Å²) in [5.74, 6) is 3.35. The van der Waals surface area contributed by atoms with E-state index in [4.69, 9.17) is 6.42 Å². The molecule has 0 aromatic carbocycles. The Morgan fingerprint density at radius 1 is 0.960 bits per heavy atom. The lowest BCUT2D eigenvalue weighted by atomic mass is 9.43. The Kier molecular flexibility index (Phi) is 3.88. The fourth-order valence-corrected chi connectivity index (χ4v) is 7.49. The number of aliphatic hydroxyl groups is 4. The van der Waals surface area contributed by atoms with Crippen LogP contribution < -0.4 is 0 Å². The van der Waals surface area contributed by atoms with Gasteiger partial charge in [0.15, 0.2) is 5.60 Å². The average molecular weight is 348 g/mol. The van der Waals surface area contributed by atoms with Crippen molar-refractivity contribution in [3.63, 3.8) is 0 Å². The first-order valence-electron chi connectivity index (χ1n) is 9.91. The summed E-state index contributed by atoms with van der Waals surface area (Å²) < 4.78 is 0. The molecular formula is C21H32O4. The molecule has 0 saturated heterocycles. The van der Waals surface area contributed by atoms with Gasteiger partial charge in [-0.15, -0.1) is 6.42 Å². The third-order valence-corrected chi connectivity index (χ3v) is 9.10. The molecule has 4 rings (SSSR count). The van der Waals surface area contributed by atoms with Crippen LogP contribution in [0.5, 0.6) is 0 Å². The van der Waals surface area contributed by atoms with Crippen molar-refractivity contribution in [3.8, 4) is 12.3 Å². The van der Waals surface area contributed by atoms with Gasteiger partial charge >= 0.3 is 0 Å². The standard InChI is InChI=1S/C21H32O4/c1-4-21(25)17(24)11-15-18-14(6-8-20(15,21)3)19(2)7-5-13(22)9-12(19)10-16(18)23/h1,12-18,22-25H,5-11H2,2-3H3/t12-,13-,14?,15?,16?,17+,18?,19-,20-,21-/m0/s1. The monoisotopic (exact) mass is 348 g/mol.